The molecule has 4 nitrogen and oxygen atoms in total. The second-order valence-electron chi connectivity index (χ2n) is 6.55. The molecule has 1 aromatic carbocycles. The van der Waals surface area contributed by atoms with Crippen molar-refractivity contribution in [2.24, 2.45) is 5.73 Å². The van der Waals surface area contributed by atoms with Gasteiger partial charge in [0.2, 0.25) is 0 Å². The molecule has 4 rings (SSSR count). The SMILES string of the molecule is NC1CCCc2c1c(-c1cccnc1)nn2CCc1ccc(Cl)cc1. The van der Waals surface area contributed by atoms with E-state index in [1.807, 2.05) is 24.4 Å². The van der Waals surface area contributed by atoms with E-state index in [0.717, 1.165) is 48.5 Å². The molecular weight excluding hydrogens is 332 g/mol. The third-order valence-corrected chi connectivity index (χ3v) is 5.11. The van der Waals surface area contributed by atoms with Crippen LogP contribution in [0, 0.1) is 0 Å². The molecular formula is C20H21ClN4. The highest BCUT2D eigenvalue weighted by Crippen LogP contribution is 2.35. The molecule has 1 aliphatic carbocycles. The van der Waals surface area contributed by atoms with Crippen LogP contribution in [0.3, 0.4) is 0 Å². The summed E-state index contributed by atoms with van der Waals surface area (Å²) in [5.41, 5.74) is 12.2. The van der Waals surface area contributed by atoms with Gasteiger partial charge in [-0.2, -0.15) is 5.10 Å². The van der Waals surface area contributed by atoms with E-state index in [4.69, 9.17) is 22.4 Å². The molecule has 1 atom stereocenters. The summed E-state index contributed by atoms with van der Waals surface area (Å²) in [6.07, 6.45) is 7.75. The predicted octanol–water partition coefficient (Wildman–Crippen LogP) is 4.18. The van der Waals surface area contributed by atoms with Gasteiger partial charge in [0.25, 0.3) is 0 Å². The number of aromatic nitrogens is 3. The topological polar surface area (TPSA) is 56.7 Å². The first kappa shape index (κ1) is 16.3. The van der Waals surface area contributed by atoms with Crippen molar-refractivity contribution in [2.45, 2.75) is 38.3 Å². The number of rotatable bonds is 4. The summed E-state index contributed by atoms with van der Waals surface area (Å²) < 4.78 is 2.14. The lowest BCUT2D eigenvalue weighted by Gasteiger charge is -2.20. The smallest absolute Gasteiger partial charge is 0.0989 e. The summed E-state index contributed by atoms with van der Waals surface area (Å²) >= 11 is 5.97. The number of nitrogens with zero attached hydrogens (tertiary/aromatic N) is 3. The van der Waals surface area contributed by atoms with Gasteiger partial charge in [-0.05, 0) is 55.5 Å². The van der Waals surface area contributed by atoms with Crippen molar-refractivity contribution in [1.29, 1.82) is 0 Å². The van der Waals surface area contributed by atoms with Crippen molar-refractivity contribution >= 4 is 11.6 Å². The predicted molar refractivity (Wildman–Crippen MR) is 100 cm³/mol. The van der Waals surface area contributed by atoms with Crippen molar-refractivity contribution in [2.75, 3.05) is 0 Å². The number of benzene rings is 1. The van der Waals surface area contributed by atoms with E-state index in [9.17, 15) is 0 Å². The van der Waals surface area contributed by atoms with Gasteiger partial charge in [0.1, 0.15) is 0 Å². The third-order valence-electron chi connectivity index (χ3n) is 4.86. The van der Waals surface area contributed by atoms with Crippen molar-refractivity contribution in [3.05, 3.63) is 70.6 Å². The zero-order valence-corrected chi connectivity index (χ0v) is 14.8. The van der Waals surface area contributed by atoms with Crippen LogP contribution in [0.4, 0.5) is 0 Å². The van der Waals surface area contributed by atoms with E-state index in [1.165, 1.54) is 16.8 Å². The number of hydrogen-bond acceptors (Lipinski definition) is 3. The van der Waals surface area contributed by atoms with E-state index in [0.29, 0.717) is 0 Å². The summed E-state index contributed by atoms with van der Waals surface area (Å²) in [5, 5.41) is 5.68. The molecule has 0 aliphatic heterocycles. The lowest BCUT2D eigenvalue weighted by atomic mass is 9.90. The first-order valence-electron chi connectivity index (χ1n) is 8.72. The minimum atomic E-state index is 0.0586. The minimum Gasteiger partial charge on any atom is -0.324 e. The Hall–Kier alpha value is -2.17. The first-order chi connectivity index (χ1) is 12.2. The lowest BCUT2D eigenvalue weighted by Crippen LogP contribution is -2.19. The Kier molecular flexibility index (Phi) is 4.55. The van der Waals surface area contributed by atoms with Crippen molar-refractivity contribution in [3.63, 3.8) is 0 Å². The Balaban J connectivity index is 1.67. The number of hydrogen-bond donors (Lipinski definition) is 1. The quantitative estimate of drug-likeness (QED) is 0.766. The Morgan fingerprint density at radius 3 is 2.80 bits per heavy atom. The van der Waals surface area contributed by atoms with E-state index in [1.54, 1.807) is 6.20 Å². The number of nitrogens with two attached hydrogens (primary N) is 1. The van der Waals surface area contributed by atoms with Crippen LogP contribution in [0.5, 0.6) is 0 Å². The Labute approximate surface area is 152 Å². The van der Waals surface area contributed by atoms with E-state index >= 15 is 0 Å². The standard InChI is InChI=1S/C20H21ClN4/c21-16-8-6-14(7-9-16)10-12-25-18-5-1-4-17(22)19(18)20(24-25)15-3-2-11-23-13-15/h2-3,6-9,11,13,17H,1,4-5,10,12,22H2. The van der Waals surface area contributed by atoms with Gasteiger partial charge >= 0.3 is 0 Å². The van der Waals surface area contributed by atoms with Crippen LogP contribution < -0.4 is 5.73 Å². The molecule has 1 unspecified atom stereocenters. The molecule has 25 heavy (non-hydrogen) atoms. The van der Waals surface area contributed by atoms with Crippen LogP contribution in [0.1, 0.15) is 35.7 Å². The van der Waals surface area contributed by atoms with Gasteiger partial charge in [-0.1, -0.05) is 23.7 Å². The monoisotopic (exact) mass is 352 g/mol. The van der Waals surface area contributed by atoms with Gasteiger partial charge in [0.15, 0.2) is 0 Å². The second kappa shape index (κ2) is 6.98. The Bertz CT molecular complexity index is 855. The number of pyridine rings is 1. The number of halogens is 1. The van der Waals surface area contributed by atoms with Crippen molar-refractivity contribution in [3.8, 4) is 11.3 Å². The van der Waals surface area contributed by atoms with Crippen LogP contribution in [0.15, 0.2) is 48.8 Å². The molecule has 0 amide bonds. The number of aryl methyl sites for hydroxylation is 2. The highest BCUT2D eigenvalue weighted by Gasteiger charge is 2.26. The lowest BCUT2D eigenvalue weighted by molar-refractivity contribution is 0.521. The summed E-state index contributed by atoms with van der Waals surface area (Å²) in [7, 11) is 0. The summed E-state index contributed by atoms with van der Waals surface area (Å²) in [6, 6.07) is 12.1. The fourth-order valence-electron chi connectivity index (χ4n) is 3.58. The molecule has 2 N–H and O–H groups in total. The maximum atomic E-state index is 6.43. The molecule has 128 valence electrons. The molecule has 3 aromatic rings. The van der Waals surface area contributed by atoms with Crippen LogP contribution in [0.2, 0.25) is 5.02 Å². The van der Waals surface area contributed by atoms with Crippen LogP contribution in [0.25, 0.3) is 11.3 Å². The molecule has 0 saturated heterocycles. The normalized spacial score (nSPS) is 16.6. The van der Waals surface area contributed by atoms with Gasteiger partial charge in [-0.25, -0.2) is 0 Å². The van der Waals surface area contributed by atoms with E-state index in [-0.39, 0.29) is 6.04 Å². The molecule has 0 saturated carbocycles. The van der Waals surface area contributed by atoms with Gasteiger partial charge in [-0.15, -0.1) is 0 Å². The number of fused-ring (bicyclic) bond motifs is 1. The molecule has 0 spiro atoms. The summed E-state index contributed by atoms with van der Waals surface area (Å²) in [6.45, 7) is 0.844. The van der Waals surface area contributed by atoms with Gasteiger partial charge < -0.3 is 5.73 Å². The summed E-state index contributed by atoms with van der Waals surface area (Å²) in [4.78, 5) is 4.24. The zero-order valence-electron chi connectivity index (χ0n) is 14.0. The molecule has 2 heterocycles. The van der Waals surface area contributed by atoms with E-state index < -0.39 is 0 Å². The van der Waals surface area contributed by atoms with Gasteiger partial charge in [-0.3, -0.25) is 9.67 Å². The average Bonchev–Trinajstić information content (AvgIpc) is 3.02. The third kappa shape index (κ3) is 3.32. The largest absolute Gasteiger partial charge is 0.324 e. The molecule has 0 bridgehead atoms. The highest BCUT2D eigenvalue weighted by atomic mass is 35.5. The molecule has 0 fully saturated rings. The fourth-order valence-corrected chi connectivity index (χ4v) is 3.71. The first-order valence-corrected chi connectivity index (χ1v) is 9.10. The highest BCUT2D eigenvalue weighted by molar-refractivity contribution is 6.30. The molecule has 1 aliphatic rings. The fraction of sp³-hybridized carbons (Fsp3) is 0.300. The second-order valence-corrected chi connectivity index (χ2v) is 6.99. The minimum absolute atomic E-state index is 0.0586. The maximum Gasteiger partial charge on any atom is 0.0989 e. The zero-order chi connectivity index (χ0) is 17.2. The Morgan fingerprint density at radius 1 is 1.20 bits per heavy atom. The van der Waals surface area contributed by atoms with E-state index in [2.05, 4.69) is 27.9 Å². The van der Waals surface area contributed by atoms with Crippen molar-refractivity contribution < 1.29 is 0 Å². The molecule has 5 heteroatoms. The van der Waals surface area contributed by atoms with Gasteiger partial charge in [0, 0.05) is 46.8 Å². The average molecular weight is 353 g/mol. The van der Waals surface area contributed by atoms with Crippen LogP contribution >= 0.6 is 11.6 Å². The molecule has 0 radical (unpaired) electrons. The van der Waals surface area contributed by atoms with Crippen molar-refractivity contribution in [1.82, 2.24) is 14.8 Å². The van der Waals surface area contributed by atoms with Gasteiger partial charge in [0.05, 0.1) is 5.69 Å². The Morgan fingerprint density at radius 2 is 2.04 bits per heavy atom. The summed E-state index contributed by atoms with van der Waals surface area (Å²) in [5.74, 6) is 0. The van der Waals surface area contributed by atoms with Crippen LogP contribution in [-0.2, 0) is 19.4 Å². The maximum absolute atomic E-state index is 6.43. The molecule has 2 aromatic heterocycles. The van der Waals surface area contributed by atoms with Crippen LogP contribution in [-0.4, -0.2) is 14.8 Å².